The monoisotopic (exact) mass is 296 g/mol. The molecule has 1 fully saturated rings. The van der Waals surface area contributed by atoms with Crippen molar-refractivity contribution < 1.29 is 9.13 Å². The van der Waals surface area contributed by atoms with E-state index < -0.39 is 0 Å². The molecule has 108 valence electrons. The van der Waals surface area contributed by atoms with E-state index >= 15 is 0 Å². The van der Waals surface area contributed by atoms with Crippen molar-refractivity contribution in [2.45, 2.75) is 31.7 Å². The van der Waals surface area contributed by atoms with Crippen LogP contribution in [0.5, 0.6) is 0 Å². The zero-order valence-corrected chi connectivity index (χ0v) is 12.3. The lowest BCUT2D eigenvalue weighted by atomic mass is 9.91. The van der Waals surface area contributed by atoms with Crippen molar-refractivity contribution in [3.05, 3.63) is 29.8 Å². The van der Waals surface area contributed by atoms with Gasteiger partial charge in [0.05, 0.1) is 11.0 Å². The molecule has 0 atom stereocenters. The third-order valence-corrected chi connectivity index (χ3v) is 4.30. The van der Waals surface area contributed by atoms with Gasteiger partial charge in [0.2, 0.25) is 0 Å². The molecule has 0 radical (unpaired) electrons. The van der Waals surface area contributed by atoms with Crippen molar-refractivity contribution >= 4 is 22.6 Å². The summed E-state index contributed by atoms with van der Waals surface area (Å²) in [4.78, 5) is 4.58. The molecule has 3 rings (SSSR count). The summed E-state index contributed by atoms with van der Waals surface area (Å²) < 4.78 is 21.1. The normalized spacial score (nSPS) is 18.6. The Labute approximate surface area is 122 Å². The first-order chi connectivity index (χ1) is 9.64. The topological polar surface area (TPSA) is 27.1 Å². The molecule has 1 aliphatic rings. The van der Waals surface area contributed by atoms with Crippen molar-refractivity contribution in [2.75, 3.05) is 19.1 Å². The van der Waals surface area contributed by atoms with Crippen LogP contribution in [0.4, 0.5) is 4.39 Å². The molecule has 5 heteroatoms. The van der Waals surface area contributed by atoms with E-state index in [0.717, 1.165) is 37.4 Å². The number of nitrogens with zero attached hydrogens (tertiary/aromatic N) is 2. The van der Waals surface area contributed by atoms with Crippen molar-refractivity contribution in [1.82, 2.24) is 9.55 Å². The molecule has 20 heavy (non-hydrogen) atoms. The van der Waals surface area contributed by atoms with E-state index in [1.807, 2.05) is 6.07 Å². The van der Waals surface area contributed by atoms with E-state index in [9.17, 15) is 4.39 Å². The molecular formula is C15H18ClFN2O. The van der Waals surface area contributed by atoms with Gasteiger partial charge in [0.25, 0.3) is 0 Å². The van der Waals surface area contributed by atoms with Crippen LogP contribution in [0.25, 0.3) is 11.0 Å². The number of hydrogen-bond acceptors (Lipinski definition) is 2. The zero-order chi connectivity index (χ0) is 14.2. The molecule has 1 aromatic heterocycles. The average molecular weight is 297 g/mol. The van der Waals surface area contributed by atoms with Crippen molar-refractivity contribution in [2.24, 2.45) is 0 Å². The minimum Gasteiger partial charge on any atom is -0.381 e. The highest BCUT2D eigenvalue weighted by atomic mass is 35.5. The number of aromatic nitrogens is 2. The third kappa shape index (κ3) is 2.31. The largest absolute Gasteiger partial charge is 0.381 e. The summed E-state index contributed by atoms with van der Waals surface area (Å²) >= 11 is 5.90. The Morgan fingerprint density at radius 1 is 1.40 bits per heavy atom. The predicted molar refractivity (Wildman–Crippen MR) is 77.8 cm³/mol. The molecular weight excluding hydrogens is 279 g/mol. The summed E-state index contributed by atoms with van der Waals surface area (Å²) in [5.41, 5.74) is 1.65. The summed E-state index contributed by atoms with van der Waals surface area (Å²) in [7, 11) is 0. The van der Waals surface area contributed by atoms with E-state index in [0.29, 0.717) is 17.8 Å². The number of aryl methyl sites for hydroxylation is 1. The maximum atomic E-state index is 13.4. The van der Waals surface area contributed by atoms with E-state index in [4.69, 9.17) is 16.3 Å². The lowest BCUT2D eigenvalue weighted by Gasteiger charge is -2.36. The van der Waals surface area contributed by atoms with Gasteiger partial charge in [-0.1, -0.05) is 0 Å². The van der Waals surface area contributed by atoms with Crippen LogP contribution in [0.2, 0.25) is 0 Å². The van der Waals surface area contributed by atoms with Crippen molar-refractivity contribution in [3.8, 4) is 0 Å². The van der Waals surface area contributed by atoms with E-state index in [-0.39, 0.29) is 11.4 Å². The molecule has 0 unspecified atom stereocenters. The standard InChI is InChI=1S/C15H18ClFN2O/c1-15(5-8-20-9-6-15)19-13-3-2-11(17)10-12(13)18-14(19)4-7-16/h2-3,10H,4-9H2,1H3. The summed E-state index contributed by atoms with van der Waals surface area (Å²) in [6.45, 7) is 3.72. The first kappa shape index (κ1) is 13.8. The molecule has 0 saturated carbocycles. The van der Waals surface area contributed by atoms with Crippen LogP contribution in [-0.4, -0.2) is 28.6 Å². The summed E-state index contributed by atoms with van der Waals surface area (Å²) in [6, 6.07) is 4.80. The first-order valence-electron chi connectivity index (χ1n) is 6.95. The second kappa shape index (κ2) is 5.34. The number of fused-ring (bicyclic) bond motifs is 1. The Morgan fingerprint density at radius 3 is 2.85 bits per heavy atom. The second-order valence-electron chi connectivity index (χ2n) is 5.54. The Kier molecular flexibility index (Phi) is 3.69. The highest BCUT2D eigenvalue weighted by Crippen LogP contribution is 2.34. The molecule has 1 aliphatic heterocycles. The third-order valence-electron chi connectivity index (χ3n) is 4.11. The van der Waals surface area contributed by atoms with Gasteiger partial charge in [-0.3, -0.25) is 0 Å². The summed E-state index contributed by atoms with van der Waals surface area (Å²) in [5.74, 6) is 1.19. The van der Waals surface area contributed by atoms with Gasteiger partial charge in [-0.2, -0.15) is 0 Å². The number of rotatable bonds is 3. The van der Waals surface area contributed by atoms with Gasteiger partial charge in [-0.25, -0.2) is 9.37 Å². The molecule has 0 aliphatic carbocycles. The van der Waals surface area contributed by atoms with E-state index in [1.165, 1.54) is 12.1 Å². The number of benzene rings is 1. The number of hydrogen-bond donors (Lipinski definition) is 0. The second-order valence-corrected chi connectivity index (χ2v) is 5.92. The Bertz CT molecular complexity index is 620. The van der Waals surface area contributed by atoms with Crippen LogP contribution in [0, 0.1) is 5.82 Å². The first-order valence-corrected chi connectivity index (χ1v) is 7.48. The van der Waals surface area contributed by atoms with Crippen LogP contribution >= 0.6 is 11.6 Å². The quantitative estimate of drug-likeness (QED) is 0.811. The van der Waals surface area contributed by atoms with Gasteiger partial charge >= 0.3 is 0 Å². The molecule has 0 N–H and O–H groups in total. The van der Waals surface area contributed by atoms with Crippen LogP contribution in [0.15, 0.2) is 18.2 Å². The number of ether oxygens (including phenoxy) is 1. The molecule has 1 aromatic carbocycles. The van der Waals surface area contributed by atoms with E-state index in [2.05, 4.69) is 16.5 Å². The predicted octanol–water partition coefficient (Wildman–Crippen LogP) is 3.48. The molecule has 0 spiro atoms. The summed E-state index contributed by atoms with van der Waals surface area (Å²) in [6.07, 6.45) is 2.56. The van der Waals surface area contributed by atoms with Crippen molar-refractivity contribution in [1.29, 1.82) is 0 Å². The zero-order valence-electron chi connectivity index (χ0n) is 11.5. The van der Waals surface area contributed by atoms with Gasteiger partial charge in [-0.05, 0) is 31.9 Å². The molecule has 1 saturated heterocycles. The Hall–Kier alpha value is -1.13. The maximum absolute atomic E-state index is 13.4. The minimum absolute atomic E-state index is 0.0355. The number of alkyl halides is 1. The lowest BCUT2D eigenvalue weighted by molar-refractivity contribution is 0.0301. The highest BCUT2D eigenvalue weighted by Gasteiger charge is 2.32. The lowest BCUT2D eigenvalue weighted by Crippen LogP contribution is -2.37. The highest BCUT2D eigenvalue weighted by molar-refractivity contribution is 6.17. The SMILES string of the molecule is CC1(n2c(CCCl)nc3cc(F)ccc32)CCOCC1. The Morgan fingerprint density at radius 2 is 2.15 bits per heavy atom. The van der Waals surface area contributed by atoms with Gasteiger partial charge in [0.15, 0.2) is 0 Å². The van der Waals surface area contributed by atoms with Gasteiger partial charge in [0, 0.05) is 37.1 Å². The van der Waals surface area contributed by atoms with Crippen LogP contribution in [0.1, 0.15) is 25.6 Å². The van der Waals surface area contributed by atoms with E-state index in [1.54, 1.807) is 0 Å². The molecule has 0 amide bonds. The Balaban J connectivity index is 2.17. The molecule has 2 heterocycles. The molecule has 2 aromatic rings. The van der Waals surface area contributed by atoms with Crippen LogP contribution in [0.3, 0.4) is 0 Å². The molecule has 0 bridgehead atoms. The molecule has 3 nitrogen and oxygen atoms in total. The van der Waals surface area contributed by atoms with Gasteiger partial charge in [0.1, 0.15) is 11.6 Å². The number of imidazole rings is 1. The van der Waals surface area contributed by atoms with Crippen molar-refractivity contribution in [3.63, 3.8) is 0 Å². The van der Waals surface area contributed by atoms with Gasteiger partial charge in [-0.15, -0.1) is 11.6 Å². The number of halogens is 2. The van der Waals surface area contributed by atoms with Crippen LogP contribution < -0.4 is 0 Å². The minimum atomic E-state index is -0.253. The fourth-order valence-corrected chi connectivity index (χ4v) is 3.16. The van der Waals surface area contributed by atoms with Gasteiger partial charge < -0.3 is 9.30 Å². The fraction of sp³-hybridized carbons (Fsp3) is 0.533. The maximum Gasteiger partial charge on any atom is 0.125 e. The summed E-state index contributed by atoms with van der Waals surface area (Å²) in [5, 5.41) is 0. The smallest absolute Gasteiger partial charge is 0.125 e. The van der Waals surface area contributed by atoms with Crippen LogP contribution in [-0.2, 0) is 16.7 Å². The average Bonchev–Trinajstić information content (AvgIpc) is 2.77. The fourth-order valence-electron chi connectivity index (χ4n) is 2.99.